The van der Waals surface area contributed by atoms with Crippen LogP contribution in [-0.4, -0.2) is 18.2 Å². The van der Waals surface area contributed by atoms with E-state index in [0.717, 1.165) is 12.8 Å². The van der Waals surface area contributed by atoms with E-state index in [4.69, 9.17) is 16.2 Å². The molecule has 4 heteroatoms. The van der Waals surface area contributed by atoms with Crippen molar-refractivity contribution in [3.8, 4) is 0 Å². The third-order valence-electron chi connectivity index (χ3n) is 2.18. The molecule has 0 radical (unpaired) electrons. The Morgan fingerprint density at radius 3 is 2.55 bits per heavy atom. The Morgan fingerprint density at radius 2 is 2.18 bits per heavy atom. The van der Waals surface area contributed by atoms with Crippen molar-refractivity contribution in [2.45, 2.75) is 31.9 Å². The SMILES string of the molecule is CC(OC(N)=O)C1CC(N)C1. The van der Waals surface area contributed by atoms with E-state index in [-0.39, 0.29) is 6.10 Å². The molecule has 1 aliphatic carbocycles. The molecule has 64 valence electrons. The van der Waals surface area contributed by atoms with Crippen molar-refractivity contribution in [2.24, 2.45) is 17.4 Å². The number of ether oxygens (including phenoxy) is 1. The largest absolute Gasteiger partial charge is 0.446 e. The molecule has 1 aliphatic rings. The van der Waals surface area contributed by atoms with E-state index in [9.17, 15) is 4.79 Å². The second kappa shape index (κ2) is 3.09. The maximum absolute atomic E-state index is 10.3. The van der Waals surface area contributed by atoms with Crippen molar-refractivity contribution >= 4 is 6.09 Å². The lowest BCUT2D eigenvalue weighted by atomic mass is 9.78. The van der Waals surface area contributed by atoms with Gasteiger partial charge in [0.05, 0.1) is 0 Å². The zero-order valence-electron chi connectivity index (χ0n) is 6.62. The van der Waals surface area contributed by atoms with Gasteiger partial charge in [0.1, 0.15) is 6.10 Å². The van der Waals surface area contributed by atoms with E-state index >= 15 is 0 Å². The maximum atomic E-state index is 10.3. The molecule has 0 aliphatic heterocycles. The van der Waals surface area contributed by atoms with Crippen LogP contribution in [0.5, 0.6) is 0 Å². The molecule has 1 unspecified atom stereocenters. The number of carbonyl (C=O) groups excluding carboxylic acids is 1. The lowest BCUT2D eigenvalue weighted by Crippen LogP contribution is -2.43. The van der Waals surface area contributed by atoms with Gasteiger partial charge in [-0.2, -0.15) is 0 Å². The van der Waals surface area contributed by atoms with Crippen molar-refractivity contribution in [1.29, 1.82) is 0 Å². The Bertz CT molecular complexity index is 155. The summed E-state index contributed by atoms with van der Waals surface area (Å²) < 4.78 is 4.79. The Labute approximate surface area is 65.9 Å². The molecule has 0 bridgehead atoms. The van der Waals surface area contributed by atoms with Crippen molar-refractivity contribution in [3.63, 3.8) is 0 Å². The molecule has 0 aromatic carbocycles. The predicted octanol–water partition coefficient (Wildman–Crippen LogP) is 0.208. The summed E-state index contributed by atoms with van der Waals surface area (Å²) in [7, 11) is 0. The van der Waals surface area contributed by atoms with Gasteiger partial charge in [-0.1, -0.05) is 0 Å². The van der Waals surface area contributed by atoms with E-state index in [1.807, 2.05) is 6.92 Å². The van der Waals surface area contributed by atoms with Gasteiger partial charge in [0.2, 0.25) is 0 Å². The lowest BCUT2D eigenvalue weighted by Gasteiger charge is -2.35. The normalized spacial score (nSPS) is 32.2. The van der Waals surface area contributed by atoms with Crippen molar-refractivity contribution in [3.05, 3.63) is 0 Å². The first-order valence-corrected chi connectivity index (χ1v) is 3.81. The van der Waals surface area contributed by atoms with Gasteiger partial charge in [0.25, 0.3) is 0 Å². The molecule has 1 saturated carbocycles. The molecule has 0 aromatic heterocycles. The molecule has 4 N–H and O–H groups in total. The second-order valence-electron chi connectivity index (χ2n) is 3.13. The van der Waals surface area contributed by atoms with Crippen LogP contribution in [0.1, 0.15) is 19.8 Å². The van der Waals surface area contributed by atoms with Gasteiger partial charge in [0.15, 0.2) is 0 Å². The van der Waals surface area contributed by atoms with E-state index < -0.39 is 6.09 Å². The first-order valence-electron chi connectivity index (χ1n) is 3.81. The molecule has 11 heavy (non-hydrogen) atoms. The molecule has 0 saturated heterocycles. The Balaban J connectivity index is 2.21. The van der Waals surface area contributed by atoms with Crippen LogP contribution in [0.4, 0.5) is 4.79 Å². The summed E-state index contributed by atoms with van der Waals surface area (Å²) in [4.78, 5) is 10.3. The average molecular weight is 158 g/mol. The number of rotatable bonds is 2. The first kappa shape index (κ1) is 8.33. The van der Waals surface area contributed by atoms with Crippen LogP contribution >= 0.6 is 0 Å². The van der Waals surface area contributed by atoms with Crippen molar-refractivity contribution in [2.75, 3.05) is 0 Å². The summed E-state index contributed by atoms with van der Waals surface area (Å²) in [5.74, 6) is 0.414. The number of carbonyl (C=O) groups is 1. The van der Waals surface area contributed by atoms with Gasteiger partial charge < -0.3 is 16.2 Å². The molecule has 1 amide bonds. The molecule has 0 spiro atoms. The minimum absolute atomic E-state index is 0.0766. The molecular weight excluding hydrogens is 144 g/mol. The summed E-state index contributed by atoms with van der Waals surface area (Å²) in [6.07, 6.45) is 1.10. The molecule has 0 aromatic rings. The highest BCUT2D eigenvalue weighted by atomic mass is 16.6. The fourth-order valence-corrected chi connectivity index (χ4v) is 1.37. The van der Waals surface area contributed by atoms with Crippen LogP contribution in [0.2, 0.25) is 0 Å². The van der Waals surface area contributed by atoms with Crippen LogP contribution in [-0.2, 0) is 4.74 Å². The van der Waals surface area contributed by atoms with E-state index in [0.29, 0.717) is 12.0 Å². The molecule has 0 heterocycles. The summed E-state index contributed by atoms with van der Waals surface area (Å²) in [6, 6.07) is 0.291. The summed E-state index contributed by atoms with van der Waals surface area (Å²) in [6.45, 7) is 1.85. The first-order chi connectivity index (χ1) is 5.09. The fraction of sp³-hybridized carbons (Fsp3) is 0.857. The minimum atomic E-state index is -0.696. The predicted molar refractivity (Wildman–Crippen MR) is 40.8 cm³/mol. The van der Waals surface area contributed by atoms with Crippen molar-refractivity contribution in [1.82, 2.24) is 0 Å². The highest BCUT2D eigenvalue weighted by Crippen LogP contribution is 2.29. The van der Waals surface area contributed by atoms with Gasteiger partial charge in [-0.25, -0.2) is 4.79 Å². The van der Waals surface area contributed by atoms with Crippen LogP contribution in [0.3, 0.4) is 0 Å². The fourth-order valence-electron chi connectivity index (χ4n) is 1.37. The second-order valence-corrected chi connectivity index (χ2v) is 3.13. The van der Waals surface area contributed by atoms with Crippen LogP contribution < -0.4 is 11.5 Å². The monoisotopic (exact) mass is 158 g/mol. The summed E-state index contributed by atoms with van der Waals surface area (Å²) in [5, 5.41) is 0. The van der Waals surface area contributed by atoms with Crippen LogP contribution in [0, 0.1) is 5.92 Å². The van der Waals surface area contributed by atoms with E-state index in [1.165, 1.54) is 0 Å². The average Bonchev–Trinajstić information content (AvgIpc) is 1.79. The van der Waals surface area contributed by atoms with E-state index in [1.54, 1.807) is 0 Å². The zero-order chi connectivity index (χ0) is 8.43. The summed E-state index contributed by atoms with van der Waals surface area (Å²) >= 11 is 0. The van der Waals surface area contributed by atoms with Crippen LogP contribution in [0.15, 0.2) is 0 Å². The van der Waals surface area contributed by atoms with Crippen molar-refractivity contribution < 1.29 is 9.53 Å². The molecule has 4 nitrogen and oxygen atoms in total. The highest BCUT2D eigenvalue weighted by molar-refractivity contribution is 5.64. The maximum Gasteiger partial charge on any atom is 0.404 e. The Hall–Kier alpha value is -0.770. The molecule has 1 fully saturated rings. The summed E-state index contributed by atoms with van der Waals surface area (Å²) in [5.41, 5.74) is 10.4. The Kier molecular flexibility index (Phi) is 2.34. The number of nitrogens with two attached hydrogens (primary N) is 2. The minimum Gasteiger partial charge on any atom is -0.446 e. The quantitative estimate of drug-likeness (QED) is 0.602. The van der Waals surface area contributed by atoms with Gasteiger partial charge in [-0.15, -0.1) is 0 Å². The van der Waals surface area contributed by atoms with Gasteiger partial charge in [-0.05, 0) is 25.7 Å². The Morgan fingerprint density at radius 1 is 1.64 bits per heavy atom. The standard InChI is InChI=1S/C7H14N2O2/c1-4(11-7(9)10)5-2-6(8)3-5/h4-6H,2-3,8H2,1H3,(H2,9,10). The molecular formula is C7H14N2O2. The third kappa shape index (κ3) is 2.08. The van der Waals surface area contributed by atoms with E-state index in [2.05, 4.69) is 0 Å². The van der Waals surface area contributed by atoms with Crippen LogP contribution in [0.25, 0.3) is 0 Å². The number of amides is 1. The van der Waals surface area contributed by atoms with Gasteiger partial charge >= 0.3 is 6.09 Å². The van der Waals surface area contributed by atoms with Gasteiger partial charge in [0, 0.05) is 6.04 Å². The number of primary amides is 1. The molecule has 1 rings (SSSR count). The smallest absolute Gasteiger partial charge is 0.404 e. The topological polar surface area (TPSA) is 78.3 Å². The number of hydrogen-bond donors (Lipinski definition) is 2. The lowest BCUT2D eigenvalue weighted by molar-refractivity contribution is 0.0420. The molecule has 1 atom stereocenters. The highest BCUT2D eigenvalue weighted by Gasteiger charge is 2.32. The number of hydrogen-bond acceptors (Lipinski definition) is 3. The third-order valence-corrected chi connectivity index (χ3v) is 2.18. The zero-order valence-corrected chi connectivity index (χ0v) is 6.62. The van der Waals surface area contributed by atoms with Gasteiger partial charge in [-0.3, -0.25) is 0 Å².